The molecule has 0 atom stereocenters. The van der Waals surface area contributed by atoms with Gasteiger partial charge in [-0.2, -0.15) is 0 Å². The molecular formula is C92H149N3O44. The summed E-state index contributed by atoms with van der Waals surface area (Å²) in [5, 5.41) is 87.8. The molecule has 5 heterocycles. The third-order valence-electron chi connectivity index (χ3n) is 24.3. The molecule has 5 rings (SSSR count). The van der Waals surface area contributed by atoms with E-state index >= 15 is 0 Å². The minimum atomic E-state index is -2.28. The normalized spacial score (nSPS) is 18.0. The van der Waals surface area contributed by atoms with Crippen molar-refractivity contribution in [1.29, 1.82) is 0 Å². The van der Waals surface area contributed by atoms with Crippen LogP contribution in [0.3, 0.4) is 0 Å². The third-order valence-corrected chi connectivity index (χ3v) is 24.3. The molecule has 0 bridgehead atoms. The molecule has 0 radical (unpaired) electrons. The van der Waals surface area contributed by atoms with E-state index < -0.39 is 321 Å². The van der Waals surface area contributed by atoms with Gasteiger partial charge in [-0.05, 0) is 172 Å². The third kappa shape index (κ3) is 33.1. The molecule has 4 aliphatic rings. The summed E-state index contributed by atoms with van der Waals surface area (Å²) in [6.45, 7) is 9.33. The molecule has 4 aliphatic heterocycles. The standard InChI is InChI=1S/C91H145N3O44.CH4/c1-74(2)131-51-88(19,52-132-74)70(113)127-47-86(17,48-128-71(114)89(20)53-133-75(3,4)134-54-89)68(111)125-41-83(14,42-126-69(112)87(18,49-129-72(115)90(21)55-135-76(5,6)136-56-90)50-130-73(116)91(22)57-137-77(7,8)138-58-91)65(108)118-30-59-29-94(93-92-59)27-25-23-24-26-28-117-64(107)82(13,39-123-66(109)84(15,43-119-60(103)78(9,31-95)32-96)44-120-61(104)79(10,33-97)34-98)40-124-67(110)85(16,45-121-62(105)80(11,35-99)36-100)46-122-63(106)81(12,37-101)38-102;/h29,95-102H,23-28,30-58H2,1-22H3;1H4. The minimum Gasteiger partial charge on any atom is -0.465 e. The molecule has 8 N–H and O–H groups in total. The van der Waals surface area contributed by atoms with Gasteiger partial charge in [0, 0.05) is 6.54 Å². The van der Waals surface area contributed by atoms with Gasteiger partial charge in [-0.15, -0.1) is 5.10 Å². The van der Waals surface area contributed by atoms with E-state index in [1.807, 2.05) is 0 Å². The minimum absolute atomic E-state index is 0. The fourth-order valence-corrected chi connectivity index (χ4v) is 11.8. The van der Waals surface area contributed by atoms with Crippen LogP contribution in [-0.2, 0) is 184 Å². The van der Waals surface area contributed by atoms with Gasteiger partial charge in [0.05, 0.1) is 119 Å². The Morgan fingerprint density at radius 2 is 0.453 bits per heavy atom. The second-order valence-electron chi connectivity index (χ2n) is 42.0. The number of aryl methyl sites for hydroxylation is 1. The highest BCUT2D eigenvalue weighted by Gasteiger charge is 2.55. The molecule has 796 valence electrons. The summed E-state index contributed by atoms with van der Waals surface area (Å²) >= 11 is 0. The first-order chi connectivity index (χ1) is 63.7. The fourth-order valence-electron chi connectivity index (χ4n) is 11.8. The zero-order chi connectivity index (χ0) is 105. The number of ether oxygens (including phenoxy) is 22. The maximum absolute atomic E-state index is 15.0. The fraction of sp³-hybridized carbons (Fsp3) is 0.826. The summed E-state index contributed by atoms with van der Waals surface area (Å²) in [6, 6.07) is 0. The molecule has 139 heavy (non-hydrogen) atoms. The van der Waals surface area contributed by atoms with E-state index in [1.165, 1.54) is 59.3 Å². The monoisotopic (exact) mass is 2000 g/mol. The van der Waals surface area contributed by atoms with Crippen LogP contribution >= 0.6 is 0 Å². The van der Waals surface area contributed by atoms with Gasteiger partial charge in [0.15, 0.2) is 23.1 Å². The van der Waals surface area contributed by atoms with Crippen molar-refractivity contribution in [3.05, 3.63) is 11.9 Å². The summed E-state index contributed by atoms with van der Waals surface area (Å²) in [4.78, 5) is 197. The maximum Gasteiger partial charge on any atom is 0.319 e. The van der Waals surface area contributed by atoms with Crippen LogP contribution in [0.4, 0.5) is 0 Å². The highest BCUT2D eigenvalue weighted by molar-refractivity contribution is 5.87. The van der Waals surface area contributed by atoms with E-state index in [1.54, 1.807) is 55.4 Å². The van der Waals surface area contributed by atoms with Crippen molar-refractivity contribution < 1.29 is 212 Å². The van der Waals surface area contributed by atoms with Gasteiger partial charge in [0.25, 0.3) is 0 Å². The van der Waals surface area contributed by atoms with Crippen LogP contribution in [0.25, 0.3) is 0 Å². The first kappa shape index (κ1) is 122. The van der Waals surface area contributed by atoms with Crippen molar-refractivity contribution in [2.45, 2.75) is 222 Å². The van der Waals surface area contributed by atoms with E-state index in [0.29, 0.717) is 19.3 Å². The molecule has 47 nitrogen and oxygen atoms in total. The predicted octanol–water partition coefficient (Wildman–Crippen LogP) is 1.74. The molecule has 4 saturated heterocycles. The van der Waals surface area contributed by atoms with Crippen molar-refractivity contribution in [2.24, 2.45) is 75.8 Å². The molecular weight excluding hydrogens is 1850 g/mol. The Morgan fingerprint density at radius 3 is 0.662 bits per heavy atom. The number of unbranched alkanes of at least 4 members (excludes halogenated alkanes) is 3. The Kier molecular flexibility index (Phi) is 43.5. The number of aliphatic hydroxyl groups is 8. The Balaban J connectivity index is 0.0000403. The number of carbonyl (C=O) groups is 14. The van der Waals surface area contributed by atoms with E-state index in [0.717, 1.165) is 48.5 Å². The largest absolute Gasteiger partial charge is 0.465 e. The molecule has 1 aromatic heterocycles. The molecule has 1 aromatic rings. The average molecular weight is 2000 g/mol. The maximum atomic E-state index is 15.0. The number of hydrogen-bond acceptors (Lipinski definition) is 46. The van der Waals surface area contributed by atoms with Gasteiger partial charge in [-0.25, -0.2) is 0 Å². The zero-order valence-electron chi connectivity index (χ0n) is 83.4. The van der Waals surface area contributed by atoms with Crippen molar-refractivity contribution in [1.82, 2.24) is 15.0 Å². The number of aromatic nitrogens is 3. The number of nitrogens with zero attached hydrogens (tertiary/aromatic N) is 3. The van der Waals surface area contributed by atoms with E-state index in [-0.39, 0.29) is 85.5 Å². The van der Waals surface area contributed by atoms with Gasteiger partial charge in [-0.1, -0.05) is 19.1 Å². The molecule has 0 amide bonds. The Hall–Kier alpha value is -8.92. The van der Waals surface area contributed by atoms with Crippen LogP contribution in [0, 0.1) is 75.8 Å². The lowest BCUT2D eigenvalue weighted by Crippen LogP contribution is -2.52. The lowest BCUT2D eigenvalue weighted by atomic mass is 9.89. The van der Waals surface area contributed by atoms with Crippen molar-refractivity contribution in [2.75, 3.05) is 192 Å². The van der Waals surface area contributed by atoms with Gasteiger partial charge >= 0.3 is 83.6 Å². The topological polar surface area (TPSA) is 635 Å². The molecule has 0 aromatic carbocycles. The Bertz CT molecular complexity index is 3910. The second-order valence-corrected chi connectivity index (χ2v) is 42.0. The first-order valence-corrected chi connectivity index (χ1v) is 45.0. The molecule has 0 aliphatic carbocycles. The van der Waals surface area contributed by atoms with Gasteiger partial charge in [-0.3, -0.25) is 71.8 Å². The van der Waals surface area contributed by atoms with E-state index in [9.17, 15) is 108 Å². The zero-order valence-corrected chi connectivity index (χ0v) is 83.4. The second kappa shape index (κ2) is 49.4. The van der Waals surface area contributed by atoms with Gasteiger partial charge in [0.2, 0.25) is 0 Å². The summed E-state index contributed by atoms with van der Waals surface area (Å²) < 4.78 is 127. The molecule has 0 spiro atoms. The number of aliphatic hydroxyl groups excluding tert-OH is 8. The summed E-state index contributed by atoms with van der Waals surface area (Å²) in [5.74, 6) is -20.4. The molecule has 4 fully saturated rings. The predicted molar refractivity (Wildman–Crippen MR) is 472 cm³/mol. The summed E-state index contributed by atoms with van der Waals surface area (Å²) in [6.07, 6.45) is 2.61. The highest BCUT2D eigenvalue weighted by Crippen LogP contribution is 2.40. The summed E-state index contributed by atoms with van der Waals surface area (Å²) in [7, 11) is 0. The smallest absolute Gasteiger partial charge is 0.319 e. The lowest BCUT2D eigenvalue weighted by molar-refractivity contribution is -0.283. The Labute approximate surface area is 808 Å². The van der Waals surface area contributed by atoms with Crippen molar-refractivity contribution in [3.8, 4) is 0 Å². The average Bonchev–Trinajstić information content (AvgIpc) is 0.805. The Morgan fingerprint density at radius 1 is 0.273 bits per heavy atom. The van der Waals surface area contributed by atoms with Crippen LogP contribution in [0.2, 0.25) is 0 Å². The lowest BCUT2D eigenvalue weighted by Gasteiger charge is -2.41. The van der Waals surface area contributed by atoms with E-state index in [2.05, 4.69) is 10.3 Å². The quantitative estimate of drug-likeness (QED) is 0.0261. The van der Waals surface area contributed by atoms with Crippen LogP contribution in [0.15, 0.2) is 6.20 Å². The van der Waals surface area contributed by atoms with Crippen molar-refractivity contribution >= 4 is 83.6 Å². The molecule has 0 saturated carbocycles. The number of carbonyl (C=O) groups excluding carboxylic acids is 14. The van der Waals surface area contributed by atoms with Crippen LogP contribution < -0.4 is 0 Å². The van der Waals surface area contributed by atoms with Gasteiger partial charge in [0.1, 0.15) is 167 Å². The molecule has 0 unspecified atom stereocenters. The number of esters is 14. The SMILES string of the molecule is C.CC1(C)OCC(C)(C(=O)OCC(C)(COC(=O)C2(C)COC(C)(C)OC2)C(=O)OCC(C)(COC(=O)C(C)(COC(=O)C2(C)COC(C)(C)OC2)COC(=O)C2(C)COC(C)(C)OC2)C(=O)OCc2cn(CCCCCCOC(=O)C(C)(COC(=O)C(C)(COC(=O)C(C)(CO)CO)COC(=O)C(C)(CO)CO)COC(=O)C(C)(COC(=O)C(C)(CO)CO)COC(=O)C(C)(CO)CO)nn2)CO1. The van der Waals surface area contributed by atoms with Crippen LogP contribution in [0.1, 0.15) is 191 Å². The van der Waals surface area contributed by atoms with Crippen LogP contribution in [-0.4, -0.2) is 354 Å². The molecule has 47 heteroatoms. The van der Waals surface area contributed by atoms with E-state index in [4.69, 9.17) is 104 Å². The highest BCUT2D eigenvalue weighted by atomic mass is 16.7. The first-order valence-electron chi connectivity index (χ1n) is 45.0. The summed E-state index contributed by atoms with van der Waals surface area (Å²) in [5.41, 5.74) is -26.6. The van der Waals surface area contributed by atoms with Gasteiger partial charge < -0.3 is 145 Å². The van der Waals surface area contributed by atoms with Crippen LogP contribution in [0.5, 0.6) is 0 Å². The van der Waals surface area contributed by atoms with Crippen molar-refractivity contribution in [3.63, 3.8) is 0 Å². The number of rotatable bonds is 55. The number of hydrogen-bond donors (Lipinski definition) is 8.